The van der Waals surface area contributed by atoms with Crippen molar-refractivity contribution in [2.45, 2.75) is 4.90 Å². The van der Waals surface area contributed by atoms with Crippen LogP contribution in [0.3, 0.4) is 0 Å². The minimum atomic E-state index is 0.578. The number of nitrogens with zero attached hydrogens (tertiary/aromatic N) is 2. The Balaban J connectivity index is 3.25. The van der Waals surface area contributed by atoms with Crippen LogP contribution in [0.4, 0.5) is 0 Å². The monoisotopic (exact) mass is 360 g/mol. The highest BCUT2D eigenvalue weighted by molar-refractivity contribution is 9.11. The largest absolute Gasteiger partial charge is 0.214 e. The quantitative estimate of drug-likeness (QED) is 0.434. The maximum Gasteiger partial charge on any atom is 0.198 e. The third kappa shape index (κ3) is 2.40. The molecular weight excluding hydrogens is 360 g/mol. The number of hydrogen-bond donors (Lipinski definition) is 0. The number of thioether (sulfide) groups is 1. The molecule has 0 atom stereocenters. The van der Waals surface area contributed by atoms with Gasteiger partial charge in [-0.2, -0.15) is 0 Å². The Bertz CT molecular complexity index is 255. The van der Waals surface area contributed by atoms with Crippen LogP contribution in [0, 0.1) is 0 Å². The van der Waals surface area contributed by atoms with Crippen LogP contribution in [0.15, 0.2) is 18.8 Å². The summed E-state index contributed by atoms with van der Waals surface area (Å²) in [7, 11) is 0. The van der Waals surface area contributed by atoms with Crippen molar-refractivity contribution in [3.05, 3.63) is 13.9 Å². The third-order valence-corrected chi connectivity index (χ3v) is 3.78. The Labute approximate surface area is 94.0 Å². The van der Waals surface area contributed by atoms with E-state index in [0.29, 0.717) is 4.73 Å². The minimum Gasteiger partial charge on any atom is -0.214 e. The second-order valence-corrected chi connectivity index (χ2v) is 4.64. The molecule has 0 saturated carbocycles. The van der Waals surface area contributed by atoms with E-state index in [9.17, 15) is 0 Å². The highest BCUT2D eigenvalue weighted by atomic mass is 79.9. The van der Waals surface area contributed by atoms with Crippen LogP contribution in [0.5, 0.6) is 0 Å². The average Bonchev–Trinajstić information content (AvgIpc) is 1.85. The Kier molecular flexibility index (Phi) is 3.80. The third-order valence-electron chi connectivity index (χ3n) is 0.960. The van der Waals surface area contributed by atoms with E-state index in [-0.39, 0.29) is 0 Å². The molecule has 1 aromatic heterocycles. The molecule has 1 heterocycles. The van der Waals surface area contributed by atoms with Gasteiger partial charge in [0.1, 0.15) is 9.21 Å². The van der Waals surface area contributed by atoms with Gasteiger partial charge in [-0.25, -0.2) is 9.97 Å². The summed E-state index contributed by atoms with van der Waals surface area (Å²) in [6, 6.07) is 0. The second-order valence-electron chi connectivity index (χ2n) is 1.61. The van der Waals surface area contributed by atoms with Gasteiger partial charge in [-0.05, 0) is 54.0 Å². The first-order valence-electron chi connectivity index (χ1n) is 2.57. The first-order chi connectivity index (χ1) is 5.15. The lowest BCUT2D eigenvalue weighted by molar-refractivity contribution is 0.993. The standard InChI is InChI=1S/C5H3Br3N2S/c1-11-2-3(6)9-5(8)10-4(2)7/h1H3. The van der Waals surface area contributed by atoms with Gasteiger partial charge in [0.2, 0.25) is 0 Å². The SMILES string of the molecule is CSc1c(Br)nc(Br)nc1Br. The van der Waals surface area contributed by atoms with Crippen molar-refractivity contribution in [2.24, 2.45) is 0 Å². The summed E-state index contributed by atoms with van der Waals surface area (Å²) in [5.74, 6) is 0. The molecule has 2 nitrogen and oxygen atoms in total. The summed E-state index contributed by atoms with van der Waals surface area (Å²) in [6.45, 7) is 0. The molecule has 1 rings (SSSR count). The van der Waals surface area contributed by atoms with Gasteiger partial charge in [-0.3, -0.25) is 0 Å². The Morgan fingerprint density at radius 1 is 1.09 bits per heavy atom. The molecule has 0 fully saturated rings. The molecule has 0 aliphatic carbocycles. The molecule has 0 amide bonds. The van der Waals surface area contributed by atoms with Crippen LogP contribution in [0.25, 0.3) is 0 Å². The van der Waals surface area contributed by atoms with Crippen LogP contribution in [0.2, 0.25) is 0 Å². The summed E-state index contributed by atoms with van der Waals surface area (Å²) < 4.78 is 2.19. The lowest BCUT2D eigenvalue weighted by Gasteiger charge is -2.01. The smallest absolute Gasteiger partial charge is 0.198 e. The van der Waals surface area contributed by atoms with Gasteiger partial charge in [0.25, 0.3) is 0 Å². The summed E-state index contributed by atoms with van der Waals surface area (Å²) in [5, 5.41) is 0. The molecule has 60 valence electrons. The fourth-order valence-corrected chi connectivity index (χ4v) is 3.75. The van der Waals surface area contributed by atoms with Gasteiger partial charge in [0.15, 0.2) is 4.73 Å². The van der Waals surface area contributed by atoms with E-state index in [1.54, 1.807) is 11.8 Å². The minimum absolute atomic E-state index is 0.578. The van der Waals surface area contributed by atoms with E-state index in [1.165, 1.54) is 0 Å². The predicted octanol–water partition coefficient (Wildman–Crippen LogP) is 3.49. The maximum absolute atomic E-state index is 4.08. The molecular formula is C5H3Br3N2S. The van der Waals surface area contributed by atoms with E-state index in [0.717, 1.165) is 14.1 Å². The van der Waals surface area contributed by atoms with Crippen LogP contribution in [-0.2, 0) is 0 Å². The molecule has 0 aliphatic heterocycles. The predicted molar refractivity (Wildman–Crippen MR) is 56.9 cm³/mol. The van der Waals surface area contributed by atoms with Crippen LogP contribution in [-0.4, -0.2) is 16.2 Å². The number of halogens is 3. The molecule has 11 heavy (non-hydrogen) atoms. The number of rotatable bonds is 1. The van der Waals surface area contributed by atoms with E-state index < -0.39 is 0 Å². The van der Waals surface area contributed by atoms with Gasteiger partial charge in [0.05, 0.1) is 4.90 Å². The number of hydrogen-bond acceptors (Lipinski definition) is 3. The van der Waals surface area contributed by atoms with Crippen molar-refractivity contribution >= 4 is 59.6 Å². The lowest BCUT2D eigenvalue weighted by Crippen LogP contribution is -1.88. The van der Waals surface area contributed by atoms with Gasteiger partial charge in [-0.1, -0.05) is 0 Å². The van der Waals surface area contributed by atoms with Gasteiger partial charge in [0, 0.05) is 0 Å². The summed E-state index contributed by atoms with van der Waals surface area (Å²) in [4.78, 5) is 9.16. The molecule has 0 radical (unpaired) electrons. The fourth-order valence-electron chi connectivity index (χ4n) is 0.542. The Hall–Kier alpha value is 0.870. The summed E-state index contributed by atoms with van der Waals surface area (Å²) in [6.07, 6.45) is 1.97. The molecule has 0 spiro atoms. The first kappa shape index (κ1) is 9.95. The van der Waals surface area contributed by atoms with Crippen molar-refractivity contribution in [1.82, 2.24) is 9.97 Å². The Morgan fingerprint density at radius 2 is 1.55 bits per heavy atom. The van der Waals surface area contributed by atoms with Crippen molar-refractivity contribution in [2.75, 3.05) is 6.26 Å². The van der Waals surface area contributed by atoms with E-state index in [1.807, 2.05) is 6.26 Å². The zero-order valence-electron chi connectivity index (χ0n) is 5.44. The van der Waals surface area contributed by atoms with Crippen LogP contribution in [0.1, 0.15) is 0 Å². The first-order valence-corrected chi connectivity index (χ1v) is 6.18. The topological polar surface area (TPSA) is 25.8 Å². The normalized spacial score (nSPS) is 10.2. The highest BCUT2D eigenvalue weighted by Crippen LogP contribution is 2.31. The van der Waals surface area contributed by atoms with Gasteiger partial charge in [-0.15, -0.1) is 11.8 Å². The number of aromatic nitrogens is 2. The van der Waals surface area contributed by atoms with Crippen LogP contribution >= 0.6 is 59.6 Å². The lowest BCUT2D eigenvalue weighted by atomic mass is 10.7. The van der Waals surface area contributed by atoms with Crippen molar-refractivity contribution in [3.63, 3.8) is 0 Å². The zero-order chi connectivity index (χ0) is 8.43. The van der Waals surface area contributed by atoms with E-state index in [2.05, 4.69) is 57.8 Å². The average molecular weight is 363 g/mol. The highest BCUT2D eigenvalue weighted by Gasteiger charge is 2.07. The molecule has 6 heteroatoms. The second kappa shape index (κ2) is 4.20. The van der Waals surface area contributed by atoms with E-state index >= 15 is 0 Å². The maximum atomic E-state index is 4.08. The summed E-state index contributed by atoms with van der Waals surface area (Å²) in [5.41, 5.74) is 0. The molecule has 0 unspecified atom stereocenters. The molecule has 0 N–H and O–H groups in total. The van der Waals surface area contributed by atoms with Crippen molar-refractivity contribution in [3.8, 4) is 0 Å². The molecule has 0 aromatic carbocycles. The molecule has 1 aromatic rings. The zero-order valence-corrected chi connectivity index (χ0v) is 11.0. The van der Waals surface area contributed by atoms with Gasteiger partial charge < -0.3 is 0 Å². The Morgan fingerprint density at radius 3 is 1.91 bits per heavy atom. The van der Waals surface area contributed by atoms with Crippen LogP contribution < -0.4 is 0 Å². The van der Waals surface area contributed by atoms with Crippen molar-refractivity contribution in [1.29, 1.82) is 0 Å². The van der Waals surface area contributed by atoms with E-state index in [4.69, 9.17) is 0 Å². The molecule has 0 aliphatic rings. The fraction of sp³-hybridized carbons (Fsp3) is 0.200. The molecule has 0 saturated heterocycles. The van der Waals surface area contributed by atoms with Crippen molar-refractivity contribution < 1.29 is 0 Å². The summed E-state index contributed by atoms with van der Waals surface area (Å²) >= 11 is 11.4. The van der Waals surface area contributed by atoms with Gasteiger partial charge >= 0.3 is 0 Å². The molecule has 0 bridgehead atoms.